The lowest BCUT2D eigenvalue weighted by Gasteiger charge is -2.21. The molecule has 4 aromatic rings. The summed E-state index contributed by atoms with van der Waals surface area (Å²) in [6.45, 7) is 0. The van der Waals surface area contributed by atoms with Crippen molar-refractivity contribution in [1.82, 2.24) is 24.5 Å². The zero-order valence-corrected chi connectivity index (χ0v) is 20.6. The Morgan fingerprint density at radius 2 is 2.03 bits per heavy atom. The fourth-order valence-corrected chi connectivity index (χ4v) is 4.18. The van der Waals surface area contributed by atoms with Gasteiger partial charge in [0, 0.05) is 44.1 Å². The van der Waals surface area contributed by atoms with E-state index in [4.69, 9.17) is 0 Å². The second-order valence-electron chi connectivity index (χ2n) is 8.64. The summed E-state index contributed by atoms with van der Waals surface area (Å²) in [5.74, 6) is -0.551. The largest absolute Gasteiger partial charge is 0.352 e. The minimum Gasteiger partial charge on any atom is -0.352 e. The van der Waals surface area contributed by atoms with Crippen molar-refractivity contribution < 1.29 is 17.8 Å². The number of imidazole rings is 2. The van der Waals surface area contributed by atoms with Crippen LogP contribution in [0.1, 0.15) is 25.1 Å². The van der Waals surface area contributed by atoms with Gasteiger partial charge in [-0.1, -0.05) is 6.07 Å². The fraction of sp³-hybridized carbons (Fsp3) is 0.304. The summed E-state index contributed by atoms with van der Waals surface area (Å²) in [5, 5.41) is 5.98. The first-order valence-electron chi connectivity index (χ1n) is 11.2. The molecule has 0 spiro atoms. The Hall–Kier alpha value is -3.87. The molecule has 0 radical (unpaired) electrons. The number of nitrogens with one attached hydrogen (secondary N) is 3. The smallest absolute Gasteiger partial charge is 0.295 e. The number of alkyl halides is 2. The number of fused-ring (bicyclic) bond motifs is 1. The van der Waals surface area contributed by atoms with Gasteiger partial charge in [-0.2, -0.15) is 0 Å². The lowest BCUT2D eigenvalue weighted by Crippen LogP contribution is -2.20. The molecular formula is C23H24F2N8O2S. The van der Waals surface area contributed by atoms with Crippen LogP contribution in [0.4, 0.5) is 31.7 Å². The van der Waals surface area contributed by atoms with E-state index < -0.39 is 23.2 Å². The number of hydrogen-bond acceptors (Lipinski definition) is 6. The maximum Gasteiger partial charge on any atom is 0.295 e. The molecule has 36 heavy (non-hydrogen) atoms. The normalized spacial score (nSPS) is 14.3. The molecule has 1 unspecified atom stereocenters. The molecule has 3 heterocycles. The summed E-state index contributed by atoms with van der Waals surface area (Å²) in [6, 6.07) is 7.06. The number of benzene rings is 1. The second kappa shape index (κ2) is 9.30. The van der Waals surface area contributed by atoms with Crippen molar-refractivity contribution in [3.05, 3.63) is 42.6 Å². The molecule has 1 amide bonds. The van der Waals surface area contributed by atoms with Crippen LogP contribution < -0.4 is 14.9 Å². The first-order chi connectivity index (χ1) is 17.2. The lowest BCUT2D eigenvalue weighted by atomic mass is 10.1. The third kappa shape index (κ3) is 4.78. The highest BCUT2D eigenvalue weighted by Crippen LogP contribution is 2.36. The van der Waals surface area contributed by atoms with Gasteiger partial charge in [-0.25, -0.2) is 27.9 Å². The van der Waals surface area contributed by atoms with Crippen molar-refractivity contribution >= 4 is 50.9 Å². The van der Waals surface area contributed by atoms with Crippen LogP contribution in [0, 0.1) is 5.92 Å². The van der Waals surface area contributed by atoms with Gasteiger partial charge >= 0.3 is 0 Å². The number of anilines is 4. The van der Waals surface area contributed by atoms with E-state index in [1.807, 2.05) is 29.9 Å². The molecule has 1 aliphatic rings. The minimum atomic E-state index is -2.82. The number of pyridine rings is 1. The molecule has 3 N–H and O–H groups in total. The first kappa shape index (κ1) is 23.9. The number of amides is 1. The highest BCUT2D eigenvalue weighted by Gasteiger charge is 2.30. The van der Waals surface area contributed by atoms with Gasteiger partial charge in [0.2, 0.25) is 5.91 Å². The van der Waals surface area contributed by atoms with Crippen LogP contribution in [-0.2, 0) is 22.8 Å². The van der Waals surface area contributed by atoms with E-state index >= 15 is 0 Å². The van der Waals surface area contributed by atoms with Gasteiger partial charge in [-0.05, 0) is 25.0 Å². The van der Waals surface area contributed by atoms with Crippen LogP contribution in [0.25, 0.3) is 22.4 Å². The van der Waals surface area contributed by atoms with Gasteiger partial charge in [-0.15, -0.1) is 0 Å². The average Bonchev–Trinajstić information content (AvgIpc) is 3.46. The molecule has 13 heteroatoms. The Morgan fingerprint density at radius 3 is 2.67 bits per heavy atom. The Bertz CT molecular complexity index is 1480. The summed E-state index contributed by atoms with van der Waals surface area (Å²) in [5.41, 5.74) is 3.40. The zero-order valence-electron chi connectivity index (χ0n) is 19.7. The number of aromatic amines is 1. The number of halogens is 2. The minimum absolute atomic E-state index is 0.0421. The zero-order chi connectivity index (χ0) is 25.6. The Kier molecular flexibility index (Phi) is 6.16. The van der Waals surface area contributed by atoms with Crippen molar-refractivity contribution in [3.63, 3.8) is 0 Å². The van der Waals surface area contributed by atoms with Crippen LogP contribution in [0.3, 0.4) is 0 Å². The molecule has 5 rings (SSSR count). The van der Waals surface area contributed by atoms with Gasteiger partial charge in [0.15, 0.2) is 11.5 Å². The van der Waals surface area contributed by atoms with E-state index in [1.54, 1.807) is 36.1 Å². The topological polar surface area (TPSA) is 121 Å². The number of H-pyrrole nitrogens is 1. The summed E-state index contributed by atoms with van der Waals surface area (Å²) in [4.78, 5) is 27.5. The Labute approximate surface area is 207 Å². The van der Waals surface area contributed by atoms with Crippen LogP contribution in [-0.4, -0.2) is 47.9 Å². The molecule has 0 saturated heterocycles. The van der Waals surface area contributed by atoms with Crippen molar-refractivity contribution in [1.29, 1.82) is 0 Å². The van der Waals surface area contributed by atoms with E-state index in [-0.39, 0.29) is 28.8 Å². The average molecular weight is 515 g/mol. The van der Waals surface area contributed by atoms with E-state index in [0.717, 1.165) is 24.1 Å². The van der Waals surface area contributed by atoms with Crippen LogP contribution in [0.2, 0.25) is 0 Å². The van der Waals surface area contributed by atoms with Crippen molar-refractivity contribution in [3.8, 4) is 11.3 Å². The molecule has 0 aliphatic heterocycles. The van der Waals surface area contributed by atoms with Crippen molar-refractivity contribution in [2.75, 3.05) is 28.2 Å². The van der Waals surface area contributed by atoms with Crippen LogP contribution in [0.5, 0.6) is 0 Å². The van der Waals surface area contributed by atoms with Gasteiger partial charge < -0.3 is 20.2 Å². The third-order valence-electron chi connectivity index (χ3n) is 5.88. The monoisotopic (exact) mass is 514 g/mol. The maximum absolute atomic E-state index is 13.4. The molecule has 3 aromatic heterocycles. The standard InChI is InChI=1S/C23H24F2N8O2S/c1-32-10-16(26-11-32)13-6-7-14(17(8-13)33(2)36(3)35)27-15-9-18(29-23(34)12-4-5-12)28-21-19(15)30-22(31-21)20(24)25/h6-12,20H,4-5H2,1-3H3,(H3,27,28,29,30,31,34). The molecule has 10 nitrogen and oxygen atoms in total. The van der Waals surface area contributed by atoms with E-state index in [0.29, 0.717) is 17.1 Å². The Balaban J connectivity index is 1.58. The number of hydrogen-bond donors (Lipinski definition) is 3. The van der Waals surface area contributed by atoms with E-state index in [1.165, 1.54) is 0 Å². The van der Waals surface area contributed by atoms with Crippen molar-refractivity contribution in [2.45, 2.75) is 19.3 Å². The van der Waals surface area contributed by atoms with Gasteiger partial charge in [-0.3, -0.25) is 9.10 Å². The number of rotatable bonds is 8. The summed E-state index contributed by atoms with van der Waals surface area (Å²) < 4.78 is 42.6. The number of carbonyl (C=O) groups is 1. The van der Waals surface area contributed by atoms with Gasteiger partial charge in [0.25, 0.3) is 6.43 Å². The second-order valence-corrected chi connectivity index (χ2v) is 10.0. The maximum atomic E-state index is 13.4. The molecule has 1 saturated carbocycles. The quantitative estimate of drug-likeness (QED) is 0.325. The number of aromatic nitrogens is 5. The lowest BCUT2D eigenvalue weighted by molar-refractivity contribution is -0.117. The molecule has 1 aliphatic carbocycles. The van der Waals surface area contributed by atoms with Crippen LogP contribution in [0.15, 0.2) is 36.8 Å². The molecule has 1 fully saturated rings. The number of aryl methyl sites for hydroxylation is 1. The predicted molar refractivity (Wildman–Crippen MR) is 135 cm³/mol. The van der Waals surface area contributed by atoms with Gasteiger partial charge in [0.05, 0.1) is 29.1 Å². The van der Waals surface area contributed by atoms with Gasteiger partial charge in [0.1, 0.15) is 22.3 Å². The summed E-state index contributed by atoms with van der Waals surface area (Å²) in [6.07, 6.45) is 3.91. The first-order valence-corrected chi connectivity index (χ1v) is 12.7. The highest BCUT2D eigenvalue weighted by molar-refractivity contribution is 7.85. The molecule has 0 bridgehead atoms. The molecule has 1 aromatic carbocycles. The third-order valence-corrected chi connectivity index (χ3v) is 6.85. The van der Waals surface area contributed by atoms with E-state index in [9.17, 15) is 17.8 Å². The summed E-state index contributed by atoms with van der Waals surface area (Å²) in [7, 11) is 2.21. The predicted octanol–water partition coefficient (Wildman–Crippen LogP) is 4.12. The summed E-state index contributed by atoms with van der Waals surface area (Å²) >= 11 is 0. The highest BCUT2D eigenvalue weighted by atomic mass is 32.2. The molecular weight excluding hydrogens is 490 g/mol. The fourth-order valence-electron chi connectivity index (χ4n) is 3.75. The SMILES string of the molecule is CN(c1cc(-c2cn(C)cn2)ccc1Nc1cc(NC(=O)C2CC2)nc2nc(C(F)F)[nH]c12)S(C)=O. The van der Waals surface area contributed by atoms with Crippen LogP contribution >= 0.6 is 0 Å². The molecule has 1 atom stereocenters. The van der Waals surface area contributed by atoms with Crippen molar-refractivity contribution in [2.24, 2.45) is 13.0 Å². The number of carbonyl (C=O) groups excluding carboxylic acids is 1. The Morgan fingerprint density at radius 1 is 1.25 bits per heavy atom. The van der Waals surface area contributed by atoms with E-state index in [2.05, 4.69) is 30.6 Å². The number of nitrogens with zero attached hydrogens (tertiary/aromatic N) is 5. The molecule has 188 valence electrons.